The zero-order valence-electron chi connectivity index (χ0n) is 27.0. The molecular formula is C28H50N8O9. The highest BCUT2D eigenvalue weighted by Gasteiger charge is 2.39. The number of hydrogen-bond donors (Lipinski definition) is 8. The van der Waals surface area contributed by atoms with Gasteiger partial charge in [-0.3, -0.25) is 43.6 Å². The zero-order valence-corrected chi connectivity index (χ0v) is 27.0. The Morgan fingerprint density at radius 2 is 1.18 bits per heavy atom. The Hall–Kier alpha value is -4.28. The molecule has 0 saturated carbocycles. The van der Waals surface area contributed by atoms with Gasteiger partial charge in [0.05, 0.1) is 6.42 Å². The number of hydrogen-bond acceptors (Lipinski definition) is 9. The molecular weight excluding hydrogens is 592 g/mol. The SMILES string of the molecule is CC[C@H](C)[C@H](NC(C)=O)C(=O)N[C@H](C(=O)N(O)[C@@H](CCC(N)=O)C(=O)N[C@H](C(=O)N[C@@H](CC(N)=O)C(N)=O)C(C)C)[C@@H](C)CC. The summed E-state index contributed by atoms with van der Waals surface area (Å²) in [5, 5.41) is 20.9. The third-order valence-corrected chi connectivity index (χ3v) is 7.43. The van der Waals surface area contributed by atoms with Gasteiger partial charge in [0.15, 0.2) is 0 Å². The second-order valence-corrected chi connectivity index (χ2v) is 11.5. The largest absolute Gasteiger partial charge is 0.370 e. The lowest BCUT2D eigenvalue weighted by atomic mass is 9.94. The highest BCUT2D eigenvalue weighted by atomic mass is 16.5. The predicted octanol–water partition coefficient (Wildman–Crippen LogP) is -2.09. The van der Waals surface area contributed by atoms with Crippen molar-refractivity contribution in [1.29, 1.82) is 0 Å². The van der Waals surface area contributed by atoms with E-state index in [1.165, 1.54) is 6.92 Å². The normalized spacial score (nSPS) is 15.7. The van der Waals surface area contributed by atoms with E-state index in [2.05, 4.69) is 21.3 Å². The fourth-order valence-corrected chi connectivity index (χ4v) is 4.26. The van der Waals surface area contributed by atoms with E-state index in [1.807, 2.05) is 6.92 Å². The van der Waals surface area contributed by atoms with Crippen LogP contribution in [-0.4, -0.2) is 87.7 Å². The van der Waals surface area contributed by atoms with Gasteiger partial charge in [0.1, 0.15) is 30.2 Å². The molecule has 7 atom stereocenters. The monoisotopic (exact) mass is 642 g/mol. The van der Waals surface area contributed by atoms with Crippen molar-refractivity contribution in [1.82, 2.24) is 26.3 Å². The van der Waals surface area contributed by atoms with Crippen molar-refractivity contribution >= 4 is 47.3 Å². The van der Waals surface area contributed by atoms with Crippen LogP contribution in [0.4, 0.5) is 0 Å². The molecule has 0 radical (unpaired) electrons. The van der Waals surface area contributed by atoms with Gasteiger partial charge in [0.25, 0.3) is 5.91 Å². The summed E-state index contributed by atoms with van der Waals surface area (Å²) < 4.78 is 0. The summed E-state index contributed by atoms with van der Waals surface area (Å²) >= 11 is 0. The first kappa shape index (κ1) is 40.7. The molecule has 17 heteroatoms. The topological polar surface area (TPSA) is 286 Å². The van der Waals surface area contributed by atoms with Crippen LogP contribution < -0.4 is 38.5 Å². The Bertz CT molecular complexity index is 1100. The van der Waals surface area contributed by atoms with Gasteiger partial charge in [-0.15, -0.1) is 0 Å². The average Bonchev–Trinajstić information content (AvgIpc) is 2.94. The first-order valence-electron chi connectivity index (χ1n) is 14.8. The van der Waals surface area contributed by atoms with Crippen LogP contribution in [0, 0.1) is 17.8 Å². The molecule has 0 saturated heterocycles. The molecule has 8 amide bonds. The van der Waals surface area contributed by atoms with Crippen LogP contribution in [0.5, 0.6) is 0 Å². The molecule has 45 heavy (non-hydrogen) atoms. The molecule has 0 aliphatic heterocycles. The number of rotatable bonds is 20. The lowest BCUT2D eigenvalue weighted by Crippen LogP contribution is -2.61. The van der Waals surface area contributed by atoms with Crippen molar-refractivity contribution in [3.63, 3.8) is 0 Å². The Balaban J connectivity index is 6.33. The number of carbonyl (C=O) groups is 8. The van der Waals surface area contributed by atoms with E-state index < -0.39 is 109 Å². The molecule has 0 aromatic carbocycles. The highest BCUT2D eigenvalue weighted by molar-refractivity contribution is 5.97. The van der Waals surface area contributed by atoms with Crippen molar-refractivity contribution in [3.8, 4) is 0 Å². The summed E-state index contributed by atoms with van der Waals surface area (Å²) in [5.41, 5.74) is 15.6. The number of nitrogens with two attached hydrogens (primary N) is 3. The molecule has 0 aliphatic carbocycles. The van der Waals surface area contributed by atoms with Crippen LogP contribution in [0.25, 0.3) is 0 Å². The summed E-state index contributed by atoms with van der Waals surface area (Å²) in [6.45, 7) is 11.3. The molecule has 0 spiro atoms. The standard InChI is InChI=1S/C28H50N8O9/c1-8-14(5)22(32-16(7)37)27(43)35-23(15(6)9-2)28(44)36(45)18(10-11-19(29)38)25(41)34-21(13(3)4)26(42)33-17(24(31)40)12-20(30)39/h13-15,17-18,21-23,45H,8-12H2,1-7H3,(H2,29,38)(H2,30,39)(H2,31,40)(H,32,37)(H,33,42)(H,34,41)(H,35,43)/t14-,15-,17-,18-,21-,22-,23-/m0/s1. The van der Waals surface area contributed by atoms with Gasteiger partial charge >= 0.3 is 0 Å². The van der Waals surface area contributed by atoms with Crippen LogP contribution in [0.3, 0.4) is 0 Å². The van der Waals surface area contributed by atoms with E-state index in [0.29, 0.717) is 12.8 Å². The van der Waals surface area contributed by atoms with Crippen molar-refractivity contribution < 1.29 is 43.6 Å². The minimum Gasteiger partial charge on any atom is -0.370 e. The van der Waals surface area contributed by atoms with Gasteiger partial charge in [-0.05, 0) is 24.2 Å². The Labute approximate surface area is 263 Å². The smallest absolute Gasteiger partial charge is 0.269 e. The van der Waals surface area contributed by atoms with Gasteiger partial charge in [-0.1, -0.05) is 54.4 Å². The lowest BCUT2D eigenvalue weighted by molar-refractivity contribution is -0.184. The molecule has 0 bridgehead atoms. The third kappa shape index (κ3) is 13.5. The predicted molar refractivity (Wildman–Crippen MR) is 161 cm³/mol. The molecule has 0 fully saturated rings. The van der Waals surface area contributed by atoms with Gasteiger partial charge in [-0.25, -0.2) is 5.06 Å². The van der Waals surface area contributed by atoms with Crippen molar-refractivity contribution in [3.05, 3.63) is 0 Å². The summed E-state index contributed by atoms with van der Waals surface area (Å²) in [7, 11) is 0. The van der Waals surface area contributed by atoms with Crippen molar-refractivity contribution in [2.75, 3.05) is 0 Å². The maximum absolute atomic E-state index is 13.6. The van der Waals surface area contributed by atoms with Crippen LogP contribution in [0.15, 0.2) is 0 Å². The van der Waals surface area contributed by atoms with Crippen molar-refractivity contribution in [2.24, 2.45) is 35.0 Å². The number of hydroxylamine groups is 2. The molecule has 0 unspecified atom stereocenters. The van der Waals surface area contributed by atoms with Gasteiger partial charge in [0.2, 0.25) is 41.4 Å². The second-order valence-electron chi connectivity index (χ2n) is 11.5. The van der Waals surface area contributed by atoms with E-state index in [4.69, 9.17) is 17.2 Å². The van der Waals surface area contributed by atoms with Crippen LogP contribution in [0.2, 0.25) is 0 Å². The molecule has 0 aromatic heterocycles. The minimum absolute atomic E-state index is 0.0840. The Morgan fingerprint density at radius 1 is 0.689 bits per heavy atom. The molecule has 17 nitrogen and oxygen atoms in total. The van der Waals surface area contributed by atoms with E-state index in [9.17, 15) is 43.6 Å². The molecule has 256 valence electrons. The first-order valence-corrected chi connectivity index (χ1v) is 14.8. The van der Waals surface area contributed by atoms with Crippen LogP contribution >= 0.6 is 0 Å². The van der Waals surface area contributed by atoms with Gasteiger partial charge < -0.3 is 38.5 Å². The average molecular weight is 643 g/mol. The lowest BCUT2D eigenvalue weighted by Gasteiger charge is -2.33. The second kappa shape index (κ2) is 19.2. The zero-order chi connectivity index (χ0) is 35.2. The minimum atomic E-state index is -1.75. The molecule has 0 heterocycles. The highest BCUT2D eigenvalue weighted by Crippen LogP contribution is 2.17. The summed E-state index contributed by atoms with van der Waals surface area (Å²) in [6.07, 6.45) is -0.608. The molecule has 0 aromatic rings. The number of nitrogens with one attached hydrogen (secondary N) is 4. The third-order valence-electron chi connectivity index (χ3n) is 7.43. The number of carbonyl (C=O) groups excluding carboxylic acids is 8. The molecule has 0 rings (SSSR count). The first-order chi connectivity index (χ1) is 20.8. The van der Waals surface area contributed by atoms with Gasteiger partial charge in [0, 0.05) is 13.3 Å². The van der Waals surface area contributed by atoms with Crippen LogP contribution in [0.1, 0.15) is 80.6 Å². The Kier molecular flexibility index (Phi) is 17.4. The number of primary amides is 3. The van der Waals surface area contributed by atoms with E-state index >= 15 is 0 Å². The number of nitrogens with zero attached hydrogens (tertiary/aromatic N) is 1. The van der Waals surface area contributed by atoms with E-state index in [0.717, 1.165) is 0 Å². The van der Waals surface area contributed by atoms with Crippen LogP contribution in [-0.2, 0) is 38.4 Å². The maximum atomic E-state index is 13.6. The van der Waals surface area contributed by atoms with E-state index in [-0.39, 0.29) is 11.0 Å². The maximum Gasteiger partial charge on any atom is 0.269 e. The van der Waals surface area contributed by atoms with Crippen molar-refractivity contribution in [2.45, 2.75) is 111 Å². The molecule has 11 N–H and O–H groups in total. The fourth-order valence-electron chi connectivity index (χ4n) is 4.26. The molecule has 0 aliphatic rings. The number of amides is 8. The summed E-state index contributed by atoms with van der Waals surface area (Å²) in [6, 6.07) is -6.92. The quantitative estimate of drug-likeness (QED) is 0.0532. The summed E-state index contributed by atoms with van der Waals surface area (Å²) in [5.74, 6) is -8.49. The fraction of sp³-hybridized carbons (Fsp3) is 0.714. The Morgan fingerprint density at radius 3 is 1.60 bits per heavy atom. The summed E-state index contributed by atoms with van der Waals surface area (Å²) in [4.78, 5) is 99.7. The van der Waals surface area contributed by atoms with Gasteiger partial charge in [-0.2, -0.15) is 0 Å². The van der Waals surface area contributed by atoms with E-state index in [1.54, 1.807) is 34.6 Å².